The van der Waals surface area contributed by atoms with Crippen molar-refractivity contribution in [2.24, 2.45) is 5.92 Å². The van der Waals surface area contributed by atoms with E-state index in [1.54, 1.807) is 43.5 Å². The summed E-state index contributed by atoms with van der Waals surface area (Å²) < 4.78 is 13.1. The number of amides is 2. The lowest BCUT2D eigenvalue weighted by Gasteiger charge is -2.36. The summed E-state index contributed by atoms with van der Waals surface area (Å²) in [7, 11) is 3.47. The van der Waals surface area contributed by atoms with Gasteiger partial charge in [0.2, 0.25) is 0 Å². The van der Waals surface area contributed by atoms with Gasteiger partial charge in [-0.25, -0.2) is 4.98 Å². The molecular weight excluding hydrogens is 538 g/mol. The summed E-state index contributed by atoms with van der Waals surface area (Å²) in [6.45, 7) is 6.51. The molecule has 3 atom stereocenters. The molecule has 0 saturated heterocycles. The Kier molecular flexibility index (Phi) is 8.92. The van der Waals surface area contributed by atoms with Crippen molar-refractivity contribution >= 4 is 39.1 Å². The van der Waals surface area contributed by atoms with Crippen molar-refractivity contribution in [2.45, 2.75) is 32.5 Å². The van der Waals surface area contributed by atoms with Gasteiger partial charge in [0.25, 0.3) is 11.8 Å². The average Bonchev–Trinajstić information content (AvgIpc) is 3.43. The number of nitrogens with one attached hydrogen (secondary N) is 1. The van der Waals surface area contributed by atoms with Crippen LogP contribution in [0.1, 0.15) is 39.6 Å². The third-order valence-corrected chi connectivity index (χ3v) is 8.47. The highest BCUT2D eigenvalue weighted by Gasteiger charge is 2.28. The number of hydrogen-bond acceptors (Lipinski definition) is 8. The minimum absolute atomic E-state index is 0.0243. The summed E-state index contributed by atoms with van der Waals surface area (Å²) in [5.74, 6) is 0.0995. The zero-order valence-corrected chi connectivity index (χ0v) is 24.6. The van der Waals surface area contributed by atoms with Crippen molar-refractivity contribution in [3.05, 3.63) is 83.1 Å². The predicted octanol–water partition coefficient (Wildman–Crippen LogP) is 4.95. The fourth-order valence-corrected chi connectivity index (χ4v) is 5.89. The Balaban J connectivity index is 1.42. The van der Waals surface area contributed by atoms with Gasteiger partial charge in [-0.15, -0.1) is 11.3 Å². The Bertz CT molecular complexity index is 1480. The van der Waals surface area contributed by atoms with E-state index >= 15 is 0 Å². The highest BCUT2D eigenvalue weighted by atomic mass is 32.1. The van der Waals surface area contributed by atoms with Crippen LogP contribution in [0.2, 0.25) is 0 Å². The second kappa shape index (κ2) is 12.8. The third-order valence-electron chi connectivity index (χ3n) is 7.43. The summed E-state index contributed by atoms with van der Waals surface area (Å²) in [5, 5.41) is 3.29. The maximum Gasteiger partial charge on any atom is 0.284 e. The molecule has 1 N–H and O–H groups in total. The van der Waals surface area contributed by atoms with Gasteiger partial charge in [0.1, 0.15) is 12.4 Å². The summed E-state index contributed by atoms with van der Waals surface area (Å²) in [5.41, 5.74) is 2.85. The molecule has 0 radical (unpaired) electrons. The Morgan fingerprint density at radius 1 is 1.15 bits per heavy atom. The molecule has 9 nitrogen and oxygen atoms in total. The van der Waals surface area contributed by atoms with Crippen molar-refractivity contribution in [1.82, 2.24) is 19.8 Å². The first-order valence-electron chi connectivity index (χ1n) is 13.7. The number of fused-ring (bicyclic) bond motifs is 2. The summed E-state index contributed by atoms with van der Waals surface area (Å²) in [4.78, 5) is 39.3. The number of aromatic nitrogens is 2. The zero-order chi connectivity index (χ0) is 28.9. The molecule has 1 aliphatic rings. The van der Waals surface area contributed by atoms with Gasteiger partial charge in [-0.05, 0) is 48.7 Å². The van der Waals surface area contributed by atoms with Crippen LogP contribution in [0.15, 0.2) is 67.0 Å². The molecule has 10 heteroatoms. The van der Waals surface area contributed by atoms with Crippen LogP contribution in [0.4, 0.5) is 5.69 Å². The summed E-state index contributed by atoms with van der Waals surface area (Å²) >= 11 is 1.34. The number of nitrogens with zero attached hydrogens (tertiary/aromatic N) is 4. The Morgan fingerprint density at radius 3 is 2.73 bits per heavy atom. The molecule has 0 saturated carbocycles. The van der Waals surface area contributed by atoms with Crippen molar-refractivity contribution in [3.8, 4) is 5.75 Å². The number of carbonyl (C=O) groups is 2. The number of hydrogen-bond donors (Lipinski definition) is 1. The van der Waals surface area contributed by atoms with Crippen LogP contribution >= 0.6 is 11.3 Å². The molecular formula is C31H35N5O4S. The van der Waals surface area contributed by atoms with E-state index in [9.17, 15) is 9.59 Å². The van der Waals surface area contributed by atoms with E-state index in [-0.39, 0.29) is 29.9 Å². The second-order valence-corrected chi connectivity index (χ2v) is 11.6. The quantitative estimate of drug-likeness (QED) is 0.361. The van der Waals surface area contributed by atoms with Gasteiger partial charge in [-0.3, -0.25) is 19.5 Å². The lowest BCUT2D eigenvalue weighted by Crippen LogP contribution is -2.46. The van der Waals surface area contributed by atoms with Gasteiger partial charge in [0, 0.05) is 64.0 Å². The highest BCUT2D eigenvalue weighted by molar-refractivity contribution is 7.20. The van der Waals surface area contributed by atoms with Crippen LogP contribution in [0, 0.1) is 5.92 Å². The molecule has 2 amide bonds. The molecule has 0 unspecified atom stereocenters. The van der Waals surface area contributed by atoms with E-state index in [1.165, 1.54) is 11.3 Å². The van der Waals surface area contributed by atoms with Crippen LogP contribution < -0.4 is 10.1 Å². The highest BCUT2D eigenvalue weighted by Crippen LogP contribution is 2.28. The van der Waals surface area contributed by atoms with Crippen LogP contribution in [0.5, 0.6) is 5.75 Å². The minimum atomic E-state index is -0.310. The number of ether oxygens (including phenoxy) is 2. The van der Waals surface area contributed by atoms with Crippen LogP contribution in [0.3, 0.4) is 0 Å². The standard InChI is InChI=1S/C31H35N5O4S/c1-20-16-36(17-22-8-7-13-32-15-22)21(2)19-40-26-14-23(11-12-24(26)31(38)35(3)18-27(20)39-4)33-29(37)30-34-25-9-5-6-10-28(25)41-30/h5-15,20-21,27H,16-19H2,1-4H3,(H,33,37)/t20-,21+,27-/m0/s1. The minimum Gasteiger partial charge on any atom is -0.491 e. The number of thiazole rings is 1. The van der Waals surface area contributed by atoms with Crippen LogP contribution in [0.25, 0.3) is 10.2 Å². The number of para-hydroxylation sites is 1. The molecule has 2 aromatic carbocycles. The zero-order valence-electron chi connectivity index (χ0n) is 23.7. The molecule has 2 aromatic heterocycles. The molecule has 0 aliphatic carbocycles. The van der Waals surface area contributed by atoms with E-state index in [1.807, 2.05) is 36.5 Å². The molecule has 4 aromatic rings. The summed E-state index contributed by atoms with van der Waals surface area (Å²) in [6, 6.07) is 16.8. The lowest BCUT2D eigenvalue weighted by atomic mass is 10.0. The Morgan fingerprint density at radius 2 is 1.98 bits per heavy atom. The Hall–Kier alpha value is -3.86. The Labute approximate surface area is 244 Å². The molecule has 0 bridgehead atoms. The van der Waals surface area contributed by atoms with E-state index < -0.39 is 0 Å². The van der Waals surface area contributed by atoms with E-state index in [0.29, 0.717) is 41.7 Å². The third kappa shape index (κ3) is 6.73. The molecule has 3 heterocycles. The van der Waals surface area contributed by atoms with Gasteiger partial charge in [-0.1, -0.05) is 25.1 Å². The molecule has 0 spiro atoms. The number of benzene rings is 2. The normalized spacial score (nSPS) is 20.5. The number of likely N-dealkylation sites (N-methyl/N-ethyl adjacent to an activating group) is 1. The number of rotatable bonds is 5. The number of carbonyl (C=O) groups excluding carboxylic acids is 2. The average molecular weight is 574 g/mol. The largest absolute Gasteiger partial charge is 0.491 e. The lowest BCUT2D eigenvalue weighted by molar-refractivity contribution is 0.00920. The fraction of sp³-hybridized carbons (Fsp3) is 0.355. The van der Waals surface area contributed by atoms with E-state index in [4.69, 9.17) is 9.47 Å². The van der Waals surface area contributed by atoms with Crippen LogP contribution in [-0.4, -0.2) is 77.6 Å². The van der Waals surface area contributed by atoms with Gasteiger partial charge in [0.05, 0.1) is 21.9 Å². The van der Waals surface area contributed by atoms with Gasteiger partial charge >= 0.3 is 0 Å². The molecule has 1 aliphatic heterocycles. The van der Waals surface area contributed by atoms with Crippen molar-refractivity contribution in [2.75, 3.05) is 39.2 Å². The van der Waals surface area contributed by atoms with Gasteiger partial charge in [-0.2, -0.15) is 0 Å². The number of methoxy groups -OCH3 is 1. The first-order chi connectivity index (χ1) is 19.8. The smallest absolute Gasteiger partial charge is 0.284 e. The second-order valence-electron chi connectivity index (χ2n) is 10.5. The maximum atomic E-state index is 13.5. The number of pyridine rings is 1. The molecule has 0 fully saturated rings. The summed E-state index contributed by atoms with van der Waals surface area (Å²) in [6.07, 6.45) is 3.50. The SMILES string of the molecule is CO[C@H]1CN(C)C(=O)c2ccc(NC(=O)c3nc4ccccc4s3)cc2OC[C@@H](C)N(Cc2cccnc2)C[C@@H]1C. The topological polar surface area (TPSA) is 96.9 Å². The predicted molar refractivity (Wildman–Crippen MR) is 161 cm³/mol. The van der Waals surface area contributed by atoms with E-state index in [0.717, 1.165) is 22.3 Å². The van der Waals surface area contributed by atoms with Crippen molar-refractivity contribution in [1.29, 1.82) is 0 Å². The van der Waals surface area contributed by atoms with E-state index in [2.05, 4.69) is 40.1 Å². The van der Waals surface area contributed by atoms with Crippen molar-refractivity contribution < 1.29 is 19.1 Å². The van der Waals surface area contributed by atoms with Crippen molar-refractivity contribution in [3.63, 3.8) is 0 Å². The fourth-order valence-electron chi connectivity index (χ4n) is 5.03. The molecule has 214 valence electrons. The van der Waals surface area contributed by atoms with Gasteiger partial charge in [0.15, 0.2) is 5.01 Å². The maximum absolute atomic E-state index is 13.5. The monoisotopic (exact) mass is 573 g/mol. The molecule has 41 heavy (non-hydrogen) atoms. The molecule has 5 rings (SSSR count). The van der Waals surface area contributed by atoms with Gasteiger partial charge < -0.3 is 19.7 Å². The first-order valence-corrected chi connectivity index (χ1v) is 14.5. The first kappa shape index (κ1) is 28.7. The number of anilines is 1. The van der Waals surface area contributed by atoms with Crippen LogP contribution in [-0.2, 0) is 11.3 Å².